The van der Waals surface area contributed by atoms with Crippen molar-refractivity contribution in [3.8, 4) is 0 Å². The van der Waals surface area contributed by atoms with Crippen molar-refractivity contribution in [2.75, 3.05) is 12.3 Å². The standard InChI is InChI=1S/C24H26F3N3O2/c1-13-8-16-15(5-6-20(29)17(16)11-28)23(30(13)12-24(2,3)27)22-18(25)9-14(10-19(22)26)4-7-21(31)32/h4-7,9-11,13,23,28H,8,12,29H2,1-3H3,(H,31,32)/b7-4+,28-11?. The lowest BCUT2D eigenvalue weighted by Gasteiger charge is -2.44. The first kappa shape index (κ1) is 23.5. The maximum absolute atomic E-state index is 15.3. The van der Waals surface area contributed by atoms with Crippen LogP contribution in [0.25, 0.3) is 6.08 Å². The molecule has 2 aromatic rings. The SMILES string of the molecule is CC1Cc2c(ccc(N)c2C=N)C(c2c(F)cc(/C=C/C(=O)O)cc2F)N1CC(C)(C)F. The summed E-state index contributed by atoms with van der Waals surface area (Å²) in [5.74, 6) is -2.97. The summed E-state index contributed by atoms with van der Waals surface area (Å²) in [7, 11) is 0. The van der Waals surface area contributed by atoms with Crippen LogP contribution in [0.15, 0.2) is 30.3 Å². The molecule has 1 heterocycles. The zero-order chi connectivity index (χ0) is 23.8. The number of nitrogens with one attached hydrogen (secondary N) is 1. The predicted molar refractivity (Wildman–Crippen MR) is 119 cm³/mol. The van der Waals surface area contributed by atoms with Crippen LogP contribution in [0.5, 0.6) is 0 Å². The minimum atomic E-state index is -1.63. The topological polar surface area (TPSA) is 90.4 Å². The summed E-state index contributed by atoms with van der Waals surface area (Å²) in [6, 6.07) is 4.15. The van der Waals surface area contributed by atoms with Crippen LogP contribution in [-0.2, 0) is 11.2 Å². The predicted octanol–water partition coefficient (Wildman–Crippen LogP) is 4.73. The van der Waals surface area contributed by atoms with Crippen LogP contribution >= 0.6 is 0 Å². The van der Waals surface area contributed by atoms with Gasteiger partial charge in [-0.05, 0) is 68.2 Å². The number of benzene rings is 2. The van der Waals surface area contributed by atoms with E-state index < -0.39 is 29.3 Å². The molecular weight excluding hydrogens is 419 g/mol. The van der Waals surface area contributed by atoms with Crippen LogP contribution < -0.4 is 5.73 Å². The van der Waals surface area contributed by atoms with Crippen molar-refractivity contribution in [2.24, 2.45) is 0 Å². The van der Waals surface area contributed by atoms with E-state index >= 15 is 8.78 Å². The van der Waals surface area contributed by atoms with Crippen molar-refractivity contribution in [2.45, 2.75) is 44.9 Å². The third kappa shape index (κ3) is 4.70. The lowest BCUT2D eigenvalue weighted by atomic mass is 9.81. The van der Waals surface area contributed by atoms with Gasteiger partial charge in [-0.15, -0.1) is 0 Å². The lowest BCUT2D eigenvalue weighted by Crippen LogP contribution is -2.48. The van der Waals surface area contributed by atoms with E-state index in [0.717, 1.165) is 30.5 Å². The third-order valence-corrected chi connectivity index (χ3v) is 5.62. The third-order valence-electron chi connectivity index (χ3n) is 5.62. The number of alkyl halides is 1. The quantitative estimate of drug-likeness (QED) is 0.341. The molecule has 32 heavy (non-hydrogen) atoms. The number of nitrogens with zero attached hydrogens (tertiary/aromatic N) is 1. The zero-order valence-corrected chi connectivity index (χ0v) is 18.1. The second-order valence-corrected chi connectivity index (χ2v) is 8.70. The number of carboxylic acids is 1. The highest BCUT2D eigenvalue weighted by Gasteiger charge is 2.40. The molecule has 0 fully saturated rings. The van der Waals surface area contributed by atoms with E-state index in [1.54, 1.807) is 17.0 Å². The van der Waals surface area contributed by atoms with Gasteiger partial charge < -0.3 is 16.2 Å². The molecule has 5 nitrogen and oxygen atoms in total. The molecule has 2 aromatic carbocycles. The number of halogens is 3. The van der Waals surface area contributed by atoms with Crippen molar-refractivity contribution < 1.29 is 23.1 Å². The molecule has 0 saturated carbocycles. The van der Waals surface area contributed by atoms with E-state index in [4.69, 9.17) is 16.2 Å². The highest BCUT2D eigenvalue weighted by molar-refractivity contribution is 5.88. The summed E-state index contributed by atoms with van der Waals surface area (Å²) >= 11 is 0. The molecule has 0 aromatic heterocycles. The van der Waals surface area contributed by atoms with E-state index in [-0.39, 0.29) is 23.7 Å². The number of carboxylic acid groups (broad SMARTS) is 1. The fourth-order valence-electron chi connectivity index (χ4n) is 4.33. The molecule has 2 atom stereocenters. The molecule has 1 aliphatic rings. The van der Waals surface area contributed by atoms with Gasteiger partial charge >= 0.3 is 5.97 Å². The summed E-state index contributed by atoms with van der Waals surface area (Å²) < 4.78 is 45.3. The van der Waals surface area contributed by atoms with Crippen molar-refractivity contribution in [3.63, 3.8) is 0 Å². The average molecular weight is 445 g/mol. The molecule has 0 radical (unpaired) electrons. The van der Waals surface area contributed by atoms with Crippen LogP contribution in [0.2, 0.25) is 0 Å². The highest BCUT2D eigenvalue weighted by atomic mass is 19.1. The Morgan fingerprint density at radius 1 is 1.31 bits per heavy atom. The number of fused-ring (bicyclic) bond motifs is 1. The Balaban J connectivity index is 2.25. The van der Waals surface area contributed by atoms with E-state index in [9.17, 15) is 9.18 Å². The van der Waals surface area contributed by atoms with Crippen LogP contribution in [0.4, 0.5) is 18.9 Å². The lowest BCUT2D eigenvalue weighted by molar-refractivity contribution is -0.131. The first-order valence-electron chi connectivity index (χ1n) is 10.2. The van der Waals surface area contributed by atoms with Crippen molar-refractivity contribution in [1.29, 1.82) is 5.41 Å². The van der Waals surface area contributed by atoms with Gasteiger partial charge in [-0.3, -0.25) is 4.90 Å². The van der Waals surface area contributed by atoms with Gasteiger partial charge in [0.25, 0.3) is 0 Å². The first-order valence-corrected chi connectivity index (χ1v) is 10.2. The Kier molecular flexibility index (Phi) is 6.46. The molecule has 0 amide bonds. The van der Waals surface area contributed by atoms with Gasteiger partial charge in [-0.2, -0.15) is 0 Å². The maximum atomic E-state index is 15.3. The van der Waals surface area contributed by atoms with Gasteiger partial charge in [0, 0.05) is 41.7 Å². The van der Waals surface area contributed by atoms with E-state index in [1.807, 2.05) is 6.92 Å². The summed E-state index contributed by atoms with van der Waals surface area (Å²) in [5, 5.41) is 16.5. The monoisotopic (exact) mass is 445 g/mol. The van der Waals surface area contributed by atoms with Crippen molar-refractivity contribution in [3.05, 3.63) is 69.8 Å². The highest BCUT2D eigenvalue weighted by Crippen LogP contribution is 2.43. The number of rotatable bonds is 6. The molecule has 2 unspecified atom stereocenters. The van der Waals surface area contributed by atoms with Crippen LogP contribution in [-0.4, -0.2) is 40.4 Å². The number of anilines is 1. The molecule has 0 aliphatic carbocycles. The van der Waals surface area contributed by atoms with Crippen LogP contribution in [0.3, 0.4) is 0 Å². The van der Waals surface area contributed by atoms with Crippen molar-refractivity contribution >= 4 is 23.9 Å². The fourth-order valence-corrected chi connectivity index (χ4v) is 4.33. The Bertz CT molecular complexity index is 1070. The van der Waals surface area contributed by atoms with Gasteiger partial charge in [0.2, 0.25) is 0 Å². The van der Waals surface area contributed by atoms with Crippen LogP contribution in [0.1, 0.15) is 54.6 Å². The second-order valence-electron chi connectivity index (χ2n) is 8.70. The van der Waals surface area contributed by atoms with Gasteiger partial charge in [-0.1, -0.05) is 6.07 Å². The molecule has 0 spiro atoms. The summed E-state index contributed by atoms with van der Waals surface area (Å²) in [5.41, 5.74) is 6.35. The molecule has 170 valence electrons. The van der Waals surface area contributed by atoms with E-state index in [1.165, 1.54) is 13.8 Å². The molecule has 3 rings (SSSR count). The number of carbonyl (C=O) groups is 1. The number of hydrogen-bond donors (Lipinski definition) is 3. The average Bonchev–Trinajstić information content (AvgIpc) is 2.67. The molecule has 0 saturated heterocycles. The Morgan fingerprint density at radius 3 is 2.47 bits per heavy atom. The molecule has 0 bridgehead atoms. The summed E-state index contributed by atoms with van der Waals surface area (Å²) in [4.78, 5) is 12.5. The second kappa shape index (κ2) is 8.78. The van der Waals surface area contributed by atoms with Gasteiger partial charge in [0.1, 0.15) is 17.3 Å². The Labute approximate surface area is 184 Å². The molecule has 4 N–H and O–H groups in total. The zero-order valence-electron chi connectivity index (χ0n) is 18.1. The summed E-state index contributed by atoms with van der Waals surface area (Å²) in [6.07, 6.45) is 3.47. The minimum absolute atomic E-state index is 0.0603. The minimum Gasteiger partial charge on any atom is -0.478 e. The number of nitrogens with two attached hydrogens (primary N) is 1. The van der Waals surface area contributed by atoms with Crippen LogP contribution in [0, 0.1) is 17.0 Å². The van der Waals surface area contributed by atoms with Crippen molar-refractivity contribution in [1.82, 2.24) is 4.90 Å². The van der Waals surface area contributed by atoms with Gasteiger partial charge in [-0.25, -0.2) is 18.0 Å². The molecule has 8 heteroatoms. The van der Waals surface area contributed by atoms with E-state index in [0.29, 0.717) is 28.8 Å². The summed E-state index contributed by atoms with van der Waals surface area (Å²) in [6.45, 7) is 4.59. The first-order chi connectivity index (χ1) is 14.9. The number of nitrogen functional groups attached to an aromatic ring is 1. The fraction of sp³-hybridized carbons (Fsp3) is 0.333. The maximum Gasteiger partial charge on any atom is 0.328 e. The molecular formula is C24H26F3N3O2. The normalized spacial score (nSPS) is 19.2. The Hall–Kier alpha value is -3.13. The van der Waals surface area contributed by atoms with E-state index in [2.05, 4.69) is 0 Å². The smallest absolute Gasteiger partial charge is 0.328 e. The Morgan fingerprint density at radius 2 is 1.94 bits per heavy atom. The number of aliphatic carboxylic acids is 1. The number of hydrogen-bond acceptors (Lipinski definition) is 4. The van der Waals surface area contributed by atoms with Gasteiger partial charge in [0.05, 0.1) is 6.04 Å². The molecule has 1 aliphatic heterocycles. The largest absolute Gasteiger partial charge is 0.478 e. The van der Waals surface area contributed by atoms with Gasteiger partial charge in [0.15, 0.2) is 0 Å².